The fourth-order valence-corrected chi connectivity index (χ4v) is 3.24. The maximum atomic E-state index is 6.29. The van der Waals surface area contributed by atoms with Gasteiger partial charge in [-0.2, -0.15) is 0 Å². The summed E-state index contributed by atoms with van der Waals surface area (Å²) in [5.41, 5.74) is 10.1. The summed E-state index contributed by atoms with van der Waals surface area (Å²) in [4.78, 5) is 0. The van der Waals surface area contributed by atoms with Crippen molar-refractivity contribution in [2.24, 2.45) is 5.73 Å². The molecule has 0 aliphatic heterocycles. The zero-order chi connectivity index (χ0) is 13.4. The van der Waals surface area contributed by atoms with Gasteiger partial charge < -0.3 is 5.73 Å². The Hall–Kier alpha value is -1.02. The van der Waals surface area contributed by atoms with Crippen molar-refractivity contribution >= 4 is 23.2 Å². The third kappa shape index (κ3) is 2.51. The summed E-state index contributed by atoms with van der Waals surface area (Å²) in [6, 6.07) is 14.0. The highest BCUT2D eigenvalue weighted by Gasteiger charge is 2.27. The van der Waals surface area contributed by atoms with Gasteiger partial charge in [0.05, 0.1) is 0 Å². The average Bonchev–Trinajstić information content (AvgIpc) is 2.38. The number of hydrogen-bond acceptors (Lipinski definition) is 1. The van der Waals surface area contributed by atoms with Gasteiger partial charge in [-0.15, -0.1) is 0 Å². The summed E-state index contributed by atoms with van der Waals surface area (Å²) in [5.74, 6) is 0.543. The van der Waals surface area contributed by atoms with E-state index in [0.717, 1.165) is 18.4 Å². The Balaban J connectivity index is 1.76. The number of hydrogen-bond donors (Lipinski definition) is 1. The smallest absolute Gasteiger partial charge is 0.0454 e. The van der Waals surface area contributed by atoms with E-state index in [9.17, 15) is 0 Å². The first-order chi connectivity index (χ1) is 9.15. The Bertz CT molecular complexity index is 609. The van der Waals surface area contributed by atoms with Gasteiger partial charge in [0.25, 0.3) is 0 Å². The number of fused-ring (bicyclic) bond motifs is 1. The molecule has 2 aromatic carbocycles. The van der Waals surface area contributed by atoms with Gasteiger partial charge in [-0.25, -0.2) is 0 Å². The highest BCUT2D eigenvalue weighted by Crippen LogP contribution is 2.41. The Morgan fingerprint density at radius 2 is 1.95 bits per heavy atom. The molecule has 0 aromatic heterocycles. The molecule has 19 heavy (non-hydrogen) atoms. The predicted molar refractivity (Wildman–Crippen MR) is 80.9 cm³/mol. The molecule has 98 valence electrons. The molecular weight excluding hydrogens is 277 g/mol. The second-order valence-electron chi connectivity index (χ2n) is 5.11. The number of halogens is 2. The van der Waals surface area contributed by atoms with Crippen molar-refractivity contribution in [3.05, 3.63) is 69.2 Å². The lowest BCUT2D eigenvalue weighted by molar-refractivity contribution is 0.498. The van der Waals surface area contributed by atoms with E-state index in [0.29, 0.717) is 16.0 Å². The van der Waals surface area contributed by atoms with Crippen LogP contribution in [0, 0.1) is 0 Å². The topological polar surface area (TPSA) is 26.0 Å². The molecule has 0 fully saturated rings. The van der Waals surface area contributed by atoms with Crippen molar-refractivity contribution in [3.63, 3.8) is 0 Å². The molecular formula is C16H15Cl2N. The first kappa shape index (κ1) is 13.0. The van der Waals surface area contributed by atoms with Crippen LogP contribution in [0.25, 0.3) is 0 Å². The van der Waals surface area contributed by atoms with Crippen molar-refractivity contribution in [1.29, 1.82) is 0 Å². The van der Waals surface area contributed by atoms with E-state index in [1.165, 1.54) is 11.1 Å². The first-order valence-corrected chi connectivity index (χ1v) is 7.19. The molecule has 2 aromatic rings. The largest absolute Gasteiger partial charge is 0.324 e. The third-order valence-corrected chi connectivity index (χ3v) is 4.44. The average molecular weight is 292 g/mol. The third-order valence-electron chi connectivity index (χ3n) is 3.86. The van der Waals surface area contributed by atoms with Crippen molar-refractivity contribution in [1.82, 2.24) is 0 Å². The lowest BCUT2D eigenvalue weighted by Gasteiger charge is -2.32. The van der Waals surface area contributed by atoms with Crippen molar-refractivity contribution < 1.29 is 0 Å². The summed E-state index contributed by atoms with van der Waals surface area (Å²) in [5, 5.41) is 1.38. The number of benzene rings is 2. The molecule has 0 saturated heterocycles. The van der Waals surface area contributed by atoms with Gasteiger partial charge >= 0.3 is 0 Å². The summed E-state index contributed by atoms with van der Waals surface area (Å²) < 4.78 is 0. The SMILES string of the molecule is NC(CC1Cc2ccccc21)c1cc(Cl)ccc1Cl. The quantitative estimate of drug-likeness (QED) is 0.870. The van der Waals surface area contributed by atoms with Gasteiger partial charge in [-0.05, 0) is 53.6 Å². The van der Waals surface area contributed by atoms with E-state index < -0.39 is 0 Å². The molecule has 0 saturated carbocycles. The summed E-state index contributed by atoms with van der Waals surface area (Å²) in [6.45, 7) is 0. The van der Waals surface area contributed by atoms with Gasteiger partial charge in [-0.3, -0.25) is 0 Å². The molecule has 2 N–H and O–H groups in total. The fraction of sp³-hybridized carbons (Fsp3) is 0.250. The zero-order valence-corrected chi connectivity index (χ0v) is 12.0. The Kier molecular flexibility index (Phi) is 3.53. The minimum Gasteiger partial charge on any atom is -0.324 e. The summed E-state index contributed by atoms with van der Waals surface area (Å²) in [6.07, 6.45) is 2.03. The minimum absolute atomic E-state index is 0.0652. The normalized spacial score (nSPS) is 18.6. The molecule has 0 radical (unpaired) electrons. The van der Waals surface area contributed by atoms with E-state index in [1.807, 2.05) is 12.1 Å². The van der Waals surface area contributed by atoms with E-state index in [1.54, 1.807) is 6.07 Å². The van der Waals surface area contributed by atoms with Gasteiger partial charge in [0.15, 0.2) is 0 Å². The van der Waals surface area contributed by atoms with Gasteiger partial charge in [0.2, 0.25) is 0 Å². The summed E-state index contributed by atoms with van der Waals surface area (Å²) >= 11 is 12.2. The molecule has 1 aliphatic rings. The van der Waals surface area contributed by atoms with Crippen LogP contribution in [0.2, 0.25) is 10.0 Å². The molecule has 2 atom stereocenters. The van der Waals surface area contributed by atoms with Gasteiger partial charge in [-0.1, -0.05) is 47.5 Å². The molecule has 0 spiro atoms. The van der Waals surface area contributed by atoms with Crippen LogP contribution in [0.15, 0.2) is 42.5 Å². The van der Waals surface area contributed by atoms with Crippen LogP contribution >= 0.6 is 23.2 Å². The highest BCUT2D eigenvalue weighted by molar-refractivity contribution is 6.33. The standard InChI is InChI=1S/C16H15Cl2N/c17-12-5-6-15(18)14(9-12)16(19)8-11-7-10-3-1-2-4-13(10)11/h1-6,9,11,16H,7-8,19H2. The van der Waals surface area contributed by atoms with Crippen LogP contribution in [-0.4, -0.2) is 0 Å². The highest BCUT2D eigenvalue weighted by atomic mass is 35.5. The second-order valence-corrected chi connectivity index (χ2v) is 5.95. The fourth-order valence-electron chi connectivity index (χ4n) is 2.81. The van der Waals surface area contributed by atoms with E-state index in [4.69, 9.17) is 28.9 Å². The van der Waals surface area contributed by atoms with Gasteiger partial charge in [0, 0.05) is 16.1 Å². The molecule has 3 heteroatoms. The number of rotatable bonds is 3. The maximum Gasteiger partial charge on any atom is 0.0454 e. The molecule has 3 rings (SSSR count). The van der Waals surface area contributed by atoms with Crippen LogP contribution < -0.4 is 5.73 Å². The molecule has 2 unspecified atom stereocenters. The van der Waals surface area contributed by atoms with E-state index in [2.05, 4.69) is 24.3 Å². The van der Waals surface area contributed by atoms with Crippen LogP contribution in [0.4, 0.5) is 0 Å². The van der Waals surface area contributed by atoms with Crippen LogP contribution in [0.5, 0.6) is 0 Å². The van der Waals surface area contributed by atoms with Crippen molar-refractivity contribution in [2.45, 2.75) is 24.8 Å². The molecule has 0 heterocycles. The lowest BCUT2D eigenvalue weighted by atomic mass is 9.74. The summed E-state index contributed by atoms with van der Waals surface area (Å²) in [7, 11) is 0. The minimum atomic E-state index is -0.0652. The molecule has 0 bridgehead atoms. The van der Waals surface area contributed by atoms with Gasteiger partial charge in [0.1, 0.15) is 0 Å². The molecule has 0 amide bonds. The molecule has 1 aliphatic carbocycles. The zero-order valence-electron chi connectivity index (χ0n) is 10.4. The van der Waals surface area contributed by atoms with Crippen LogP contribution in [0.3, 0.4) is 0 Å². The Morgan fingerprint density at radius 1 is 1.16 bits per heavy atom. The monoisotopic (exact) mass is 291 g/mol. The number of nitrogens with two attached hydrogens (primary N) is 1. The lowest BCUT2D eigenvalue weighted by Crippen LogP contribution is -2.23. The predicted octanol–water partition coefficient (Wildman–Crippen LogP) is 4.72. The van der Waals surface area contributed by atoms with Crippen LogP contribution in [-0.2, 0) is 6.42 Å². The second kappa shape index (κ2) is 5.16. The van der Waals surface area contributed by atoms with Crippen molar-refractivity contribution in [2.75, 3.05) is 0 Å². The Labute approximate surface area is 123 Å². The Morgan fingerprint density at radius 3 is 2.74 bits per heavy atom. The first-order valence-electron chi connectivity index (χ1n) is 6.43. The van der Waals surface area contributed by atoms with E-state index >= 15 is 0 Å². The molecule has 1 nitrogen and oxygen atoms in total. The maximum absolute atomic E-state index is 6.29. The van der Waals surface area contributed by atoms with Crippen molar-refractivity contribution in [3.8, 4) is 0 Å². The van der Waals surface area contributed by atoms with Crippen LogP contribution in [0.1, 0.15) is 35.1 Å². The van der Waals surface area contributed by atoms with E-state index in [-0.39, 0.29) is 6.04 Å².